The molecule has 3 heterocycles. The maximum absolute atomic E-state index is 2.80. The van der Waals surface area contributed by atoms with E-state index in [1.807, 2.05) is 0 Å². The minimum Gasteiger partial charge on any atom is -0.306 e. The minimum atomic E-state index is 0.753. The van der Waals surface area contributed by atoms with Gasteiger partial charge in [-0.3, -0.25) is 9.80 Å². The monoisotopic (exact) mass is 291 g/mol. The fourth-order valence-corrected chi connectivity index (χ4v) is 5.11. The molecule has 0 aromatic carbocycles. The molecule has 3 heteroatoms. The van der Waals surface area contributed by atoms with Crippen molar-refractivity contribution < 1.29 is 0 Å². The molecule has 21 heavy (non-hydrogen) atoms. The van der Waals surface area contributed by atoms with Gasteiger partial charge in [0.1, 0.15) is 0 Å². The Morgan fingerprint density at radius 1 is 0.810 bits per heavy atom. The van der Waals surface area contributed by atoms with Crippen molar-refractivity contribution in [3.05, 3.63) is 0 Å². The molecule has 1 aliphatic carbocycles. The average molecular weight is 291 g/mol. The molecule has 0 aromatic heterocycles. The van der Waals surface area contributed by atoms with Crippen LogP contribution in [-0.2, 0) is 0 Å². The van der Waals surface area contributed by atoms with Gasteiger partial charge in [0.05, 0.1) is 0 Å². The summed E-state index contributed by atoms with van der Waals surface area (Å²) >= 11 is 0. The first-order valence-corrected chi connectivity index (χ1v) is 9.30. The highest BCUT2D eigenvalue weighted by Gasteiger charge is 2.50. The Morgan fingerprint density at radius 2 is 1.43 bits per heavy atom. The quantitative estimate of drug-likeness (QED) is 0.773. The van der Waals surface area contributed by atoms with Crippen molar-refractivity contribution in [3.63, 3.8) is 0 Å². The first-order valence-electron chi connectivity index (χ1n) is 9.30. The molecule has 0 atom stereocenters. The highest BCUT2D eigenvalue weighted by molar-refractivity contribution is 5.04. The van der Waals surface area contributed by atoms with Crippen molar-refractivity contribution >= 4 is 0 Å². The molecule has 0 amide bonds. The van der Waals surface area contributed by atoms with Crippen molar-refractivity contribution in [1.29, 1.82) is 0 Å². The fraction of sp³-hybridized carbons (Fsp3) is 1.00. The molecule has 4 aliphatic rings. The third kappa shape index (κ3) is 2.77. The van der Waals surface area contributed by atoms with Gasteiger partial charge in [-0.25, -0.2) is 0 Å². The van der Waals surface area contributed by atoms with Crippen molar-refractivity contribution in [2.45, 2.75) is 57.5 Å². The maximum atomic E-state index is 2.80. The molecule has 1 spiro atoms. The van der Waals surface area contributed by atoms with Gasteiger partial charge in [0.25, 0.3) is 0 Å². The molecule has 3 nitrogen and oxygen atoms in total. The summed E-state index contributed by atoms with van der Waals surface area (Å²) < 4.78 is 0. The van der Waals surface area contributed by atoms with Crippen molar-refractivity contribution in [2.24, 2.45) is 11.3 Å². The Balaban J connectivity index is 1.20. The lowest BCUT2D eigenvalue weighted by molar-refractivity contribution is -0.0910. The van der Waals surface area contributed by atoms with Crippen LogP contribution in [0.5, 0.6) is 0 Å². The van der Waals surface area contributed by atoms with E-state index < -0.39 is 0 Å². The van der Waals surface area contributed by atoms with E-state index in [9.17, 15) is 0 Å². The zero-order valence-corrected chi connectivity index (χ0v) is 14.1. The van der Waals surface area contributed by atoms with Crippen LogP contribution in [-0.4, -0.2) is 73.1 Å². The highest BCUT2D eigenvalue weighted by atomic mass is 15.3. The lowest BCUT2D eigenvalue weighted by Crippen LogP contribution is -2.67. The SMILES string of the molecule is CC1CCN(C2CN(C3CC4(CCN(C)CC4)C3)C2)CC1. The number of nitrogens with zero attached hydrogens (tertiary/aromatic N) is 3. The van der Waals surface area contributed by atoms with Crippen LogP contribution in [0.2, 0.25) is 0 Å². The van der Waals surface area contributed by atoms with Crippen LogP contribution in [0.3, 0.4) is 0 Å². The van der Waals surface area contributed by atoms with Gasteiger partial charge in [0.15, 0.2) is 0 Å². The van der Waals surface area contributed by atoms with E-state index in [2.05, 4.69) is 28.7 Å². The normalized spacial score (nSPS) is 34.0. The molecule has 0 bridgehead atoms. The summed E-state index contributed by atoms with van der Waals surface area (Å²) in [6, 6.07) is 1.83. The van der Waals surface area contributed by atoms with Crippen LogP contribution >= 0.6 is 0 Å². The summed E-state index contributed by atoms with van der Waals surface area (Å²) in [5.41, 5.74) is 0.753. The summed E-state index contributed by atoms with van der Waals surface area (Å²) in [5, 5.41) is 0. The zero-order chi connectivity index (χ0) is 14.4. The summed E-state index contributed by atoms with van der Waals surface area (Å²) in [6.07, 6.45) is 8.78. The molecule has 3 aliphatic heterocycles. The molecule has 1 saturated carbocycles. The molecular weight excluding hydrogens is 258 g/mol. The van der Waals surface area contributed by atoms with E-state index in [-0.39, 0.29) is 0 Å². The predicted octanol–water partition coefficient (Wildman–Crippen LogP) is 2.28. The number of hydrogen-bond donors (Lipinski definition) is 0. The Morgan fingerprint density at radius 3 is 2.05 bits per heavy atom. The number of piperidine rings is 2. The first-order chi connectivity index (χ1) is 10.1. The largest absolute Gasteiger partial charge is 0.306 e. The smallest absolute Gasteiger partial charge is 0.0350 e. The second-order valence-electron chi connectivity index (χ2n) is 8.69. The van der Waals surface area contributed by atoms with Crippen LogP contribution in [0.1, 0.15) is 45.4 Å². The molecular formula is C18H33N3. The highest BCUT2D eigenvalue weighted by Crippen LogP contribution is 2.51. The van der Waals surface area contributed by atoms with Gasteiger partial charge in [0, 0.05) is 25.2 Å². The van der Waals surface area contributed by atoms with Gasteiger partial charge >= 0.3 is 0 Å². The lowest BCUT2D eigenvalue weighted by atomic mass is 9.59. The molecule has 0 N–H and O–H groups in total. The van der Waals surface area contributed by atoms with E-state index in [0.717, 1.165) is 23.4 Å². The van der Waals surface area contributed by atoms with E-state index in [1.165, 1.54) is 77.8 Å². The van der Waals surface area contributed by atoms with E-state index in [0.29, 0.717) is 0 Å². The third-order valence-corrected chi connectivity index (χ3v) is 7.13. The van der Waals surface area contributed by atoms with Crippen LogP contribution in [0.25, 0.3) is 0 Å². The lowest BCUT2D eigenvalue weighted by Gasteiger charge is -2.59. The molecule has 120 valence electrons. The number of likely N-dealkylation sites (tertiary alicyclic amines) is 3. The zero-order valence-electron chi connectivity index (χ0n) is 14.1. The van der Waals surface area contributed by atoms with E-state index in [1.54, 1.807) is 0 Å². The summed E-state index contributed by atoms with van der Waals surface area (Å²) in [7, 11) is 2.28. The third-order valence-electron chi connectivity index (χ3n) is 7.13. The summed E-state index contributed by atoms with van der Waals surface area (Å²) in [4.78, 5) is 8.09. The minimum absolute atomic E-state index is 0.753. The molecule has 4 rings (SSSR count). The van der Waals surface area contributed by atoms with Gasteiger partial charge < -0.3 is 4.90 Å². The Hall–Kier alpha value is -0.120. The Bertz CT molecular complexity index is 353. The van der Waals surface area contributed by atoms with Gasteiger partial charge in [-0.05, 0) is 83.1 Å². The molecule has 3 saturated heterocycles. The van der Waals surface area contributed by atoms with Crippen LogP contribution in [0.4, 0.5) is 0 Å². The molecule has 0 aromatic rings. The van der Waals surface area contributed by atoms with Gasteiger partial charge in [-0.2, -0.15) is 0 Å². The molecule has 4 fully saturated rings. The number of hydrogen-bond acceptors (Lipinski definition) is 3. The van der Waals surface area contributed by atoms with Gasteiger partial charge in [-0.15, -0.1) is 0 Å². The first kappa shape index (κ1) is 14.5. The predicted molar refractivity (Wildman–Crippen MR) is 87.5 cm³/mol. The fourth-order valence-electron chi connectivity index (χ4n) is 5.11. The molecule has 0 radical (unpaired) electrons. The van der Waals surface area contributed by atoms with Gasteiger partial charge in [-0.1, -0.05) is 6.92 Å². The standard InChI is InChI=1S/C18H33N3/c1-15-3-7-20(8-4-15)17-13-21(14-17)16-11-18(12-16)5-9-19(2)10-6-18/h15-17H,3-14H2,1-2H3. The van der Waals surface area contributed by atoms with E-state index in [4.69, 9.17) is 0 Å². The Labute approximate surface area is 130 Å². The maximum Gasteiger partial charge on any atom is 0.0350 e. The van der Waals surface area contributed by atoms with E-state index >= 15 is 0 Å². The number of rotatable bonds is 2. The van der Waals surface area contributed by atoms with Crippen molar-refractivity contribution in [2.75, 3.05) is 46.3 Å². The van der Waals surface area contributed by atoms with Crippen molar-refractivity contribution in [3.8, 4) is 0 Å². The van der Waals surface area contributed by atoms with Crippen LogP contribution < -0.4 is 0 Å². The van der Waals surface area contributed by atoms with Gasteiger partial charge in [0.2, 0.25) is 0 Å². The molecule has 0 unspecified atom stereocenters. The van der Waals surface area contributed by atoms with Crippen molar-refractivity contribution in [1.82, 2.24) is 14.7 Å². The topological polar surface area (TPSA) is 9.72 Å². The van der Waals surface area contributed by atoms with Crippen LogP contribution in [0, 0.1) is 11.3 Å². The van der Waals surface area contributed by atoms with Crippen LogP contribution in [0.15, 0.2) is 0 Å². The second-order valence-corrected chi connectivity index (χ2v) is 8.69. The summed E-state index contributed by atoms with van der Waals surface area (Å²) in [6.45, 7) is 10.5. The summed E-state index contributed by atoms with van der Waals surface area (Å²) in [5.74, 6) is 0.966. The Kier molecular flexibility index (Phi) is 3.79. The second kappa shape index (κ2) is 5.50. The average Bonchev–Trinajstić information content (AvgIpc) is 2.39.